The lowest BCUT2D eigenvalue weighted by atomic mass is 10.2. The SMILES string of the molecule is CC(C)n1cnc2cnc3ccc(I)cc3c21. The van der Waals surface area contributed by atoms with Crippen molar-refractivity contribution in [2.24, 2.45) is 0 Å². The van der Waals surface area contributed by atoms with E-state index in [9.17, 15) is 0 Å². The molecule has 3 rings (SSSR count). The lowest BCUT2D eigenvalue weighted by Crippen LogP contribution is -1.99. The van der Waals surface area contributed by atoms with Crippen LogP contribution in [-0.4, -0.2) is 14.5 Å². The van der Waals surface area contributed by atoms with E-state index in [0.29, 0.717) is 6.04 Å². The van der Waals surface area contributed by atoms with Gasteiger partial charge >= 0.3 is 0 Å². The third-order valence-electron chi connectivity index (χ3n) is 2.92. The molecule has 0 spiro atoms. The molecule has 2 heterocycles. The van der Waals surface area contributed by atoms with E-state index in [4.69, 9.17) is 0 Å². The zero-order valence-electron chi connectivity index (χ0n) is 9.68. The van der Waals surface area contributed by atoms with E-state index in [2.05, 4.69) is 69.2 Å². The summed E-state index contributed by atoms with van der Waals surface area (Å²) in [5.41, 5.74) is 3.18. The maximum absolute atomic E-state index is 4.44. The number of hydrogen-bond donors (Lipinski definition) is 0. The number of halogens is 1. The summed E-state index contributed by atoms with van der Waals surface area (Å²) >= 11 is 2.33. The van der Waals surface area contributed by atoms with Crippen LogP contribution in [0.4, 0.5) is 0 Å². The molecule has 1 aromatic carbocycles. The minimum Gasteiger partial charge on any atom is -0.327 e. The Morgan fingerprint density at radius 1 is 1.18 bits per heavy atom. The summed E-state index contributed by atoms with van der Waals surface area (Å²) in [6.07, 6.45) is 3.75. The Labute approximate surface area is 113 Å². The molecule has 0 unspecified atom stereocenters. The predicted molar refractivity (Wildman–Crippen MR) is 78.1 cm³/mol. The molecule has 3 nitrogen and oxygen atoms in total. The van der Waals surface area contributed by atoms with Crippen molar-refractivity contribution < 1.29 is 0 Å². The Morgan fingerprint density at radius 3 is 2.76 bits per heavy atom. The largest absolute Gasteiger partial charge is 0.327 e. The van der Waals surface area contributed by atoms with E-state index in [1.807, 2.05) is 12.5 Å². The Morgan fingerprint density at radius 2 is 2.00 bits per heavy atom. The van der Waals surface area contributed by atoms with Gasteiger partial charge in [0.2, 0.25) is 0 Å². The molecule has 0 amide bonds. The fraction of sp³-hybridized carbons (Fsp3) is 0.231. The van der Waals surface area contributed by atoms with Crippen molar-refractivity contribution in [1.29, 1.82) is 0 Å². The number of nitrogens with zero attached hydrogens (tertiary/aromatic N) is 3. The maximum atomic E-state index is 4.44. The number of pyridine rings is 1. The average molecular weight is 337 g/mol. The molecule has 0 N–H and O–H groups in total. The number of benzene rings is 1. The topological polar surface area (TPSA) is 30.7 Å². The first-order valence-electron chi connectivity index (χ1n) is 5.57. The van der Waals surface area contributed by atoms with Crippen LogP contribution in [0.5, 0.6) is 0 Å². The zero-order valence-corrected chi connectivity index (χ0v) is 11.8. The number of imidazole rings is 1. The zero-order chi connectivity index (χ0) is 12.0. The van der Waals surface area contributed by atoms with Gasteiger partial charge in [-0.25, -0.2) is 4.98 Å². The van der Waals surface area contributed by atoms with Crippen molar-refractivity contribution in [1.82, 2.24) is 14.5 Å². The molecule has 2 aromatic heterocycles. The van der Waals surface area contributed by atoms with Crippen LogP contribution in [0.15, 0.2) is 30.7 Å². The van der Waals surface area contributed by atoms with Crippen LogP contribution in [0.1, 0.15) is 19.9 Å². The van der Waals surface area contributed by atoms with Gasteiger partial charge in [0.05, 0.1) is 23.6 Å². The number of hydrogen-bond acceptors (Lipinski definition) is 2. The Hall–Kier alpha value is -1.17. The van der Waals surface area contributed by atoms with Crippen molar-refractivity contribution in [3.8, 4) is 0 Å². The fourth-order valence-corrected chi connectivity index (χ4v) is 2.57. The highest BCUT2D eigenvalue weighted by molar-refractivity contribution is 14.1. The van der Waals surface area contributed by atoms with E-state index < -0.39 is 0 Å². The molecule has 0 fully saturated rings. The Kier molecular flexibility index (Phi) is 2.54. The maximum Gasteiger partial charge on any atom is 0.107 e. The molecule has 0 bridgehead atoms. The molecule has 86 valence electrons. The van der Waals surface area contributed by atoms with Crippen LogP contribution < -0.4 is 0 Å². The van der Waals surface area contributed by atoms with Crippen molar-refractivity contribution in [3.05, 3.63) is 34.3 Å². The van der Waals surface area contributed by atoms with Crippen LogP contribution in [0, 0.1) is 3.57 Å². The van der Waals surface area contributed by atoms with Crippen LogP contribution in [0.2, 0.25) is 0 Å². The smallest absolute Gasteiger partial charge is 0.107 e. The number of rotatable bonds is 1. The van der Waals surface area contributed by atoms with E-state index in [0.717, 1.165) is 11.0 Å². The van der Waals surface area contributed by atoms with Crippen molar-refractivity contribution in [2.75, 3.05) is 0 Å². The first-order valence-corrected chi connectivity index (χ1v) is 6.65. The fourth-order valence-electron chi connectivity index (χ4n) is 2.08. The van der Waals surface area contributed by atoms with Gasteiger partial charge in [-0.05, 0) is 54.6 Å². The first-order chi connectivity index (χ1) is 8.16. The Bertz CT molecular complexity index is 700. The predicted octanol–water partition coefficient (Wildman–Crippen LogP) is 3.77. The molecule has 0 aliphatic heterocycles. The summed E-state index contributed by atoms with van der Waals surface area (Å²) in [5, 5.41) is 1.18. The van der Waals surface area contributed by atoms with Crippen molar-refractivity contribution in [2.45, 2.75) is 19.9 Å². The van der Waals surface area contributed by atoms with Gasteiger partial charge in [0, 0.05) is 15.0 Å². The second kappa shape index (κ2) is 3.94. The standard InChI is InChI=1S/C13H12IN3/c1-8(2)17-7-16-12-6-15-11-4-3-9(14)5-10(11)13(12)17/h3-8H,1-2H3. The van der Waals surface area contributed by atoms with Crippen LogP contribution in [0.25, 0.3) is 21.9 Å². The highest BCUT2D eigenvalue weighted by Crippen LogP contribution is 2.26. The van der Waals surface area contributed by atoms with Gasteiger partial charge in [0.1, 0.15) is 5.52 Å². The van der Waals surface area contributed by atoms with Crippen molar-refractivity contribution in [3.63, 3.8) is 0 Å². The minimum absolute atomic E-state index is 0.406. The molecule has 3 aromatic rings. The number of fused-ring (bicyclic) bond motifs is 3. The second-order valence-corrected chi connectivity index (χ2v) is 5.64. The summed E-state index contributed by atoms with van der Waals surface area (Å²) < 4.78 is 3.43. The summed E-state index contributed by atoms with van der Waals surface area (Å²) in [6, 6.07) is 6.72. The van der Waals surface area contributed by atoms with Gasteiger partial charge < -0.3 is 4.57 Å². The highest BCUT2D eigenvalue weighted by atomic mass is 127. The van der Waals surface area contributed by atoms with Gasteiger partial charge in [-0.15, -0.1) is 0 Å². The van der Waals surface area contributed by atoms with Gasteiger partial charge in [-0.2, -0.15) is 0 Å². The second-order valence-electron chi connectivity index (χ2n) is 4.40. The lowest BCUT2D eigenvalue weighted by molar-refractivity contribution is 0.619. The summed E-state index contributed by atoms with van der Waals surface area (Å²) in [6.45, 7) is 4.34. The minimum atomic E-state index is 0.406. The first kappa shape index (κ1) is 11.0. The van der Waals surface area contributed by atoms with Crippen LogP contribution >= 0.6 is 22.6 Å². The lowest BCUT2D eigenvalue weighted by Gasteiger charge is -2.09. The van der Waals surface area contributed by atoms with Crippen molar-refractivity contribution >= 4 is 44.5 Å². The van der Waals surface area contributed by atoms with Gasteiger partial charge in [0.25, 0.3) is 0 Å². The van der Waals surface area contributed by atoms with Gasteiger partial charge in [0.15, 0.2) is 0 Å². The molecule has 0 aliphatic rings. The molecule has 17 heavy (non-hydrogen) atoms. The normalized spacial score (nSPS) is 11.8. The molecule has 0 saturated heterocycles. The van der Waals surface area contributed by atoms with E-state index in [1.165, 1.54) is 14.5 Å². The molecule has 4 heteroatoms. The molecule has 0 aliphatic carbocycles. The third kappa shape index (κ3) is 1.71. The quantitative estimate of drug-likeness (QED) is 0.633. The van der Waals surface area contributed by atoms with E-state index in [-0.39, 0.29) is 0 Å². The summed E-state index contributed by atoms with van der Waals surface area (Å²) in [5.74, 6) is 0. The molecule has 0 atom stereocenters. The van der Waals surface area contributed by atoms with Crippen LogP contribution in [-0.2, 0) is 0 Å². The molecule has 0 radical (unpaired) electrons. The molecule has 0 saturated carbocycles. The van der Waals surface area contributed by atoms with E-state index in [1.54, 1.807) is 0 Å². The summed E-state index contributed by atoms with van der Waals surface area (Å²) in [7, 11) is 0. The van der Waals surface area contributed by atoms with Gasteiger partial charge in [-0.3, -0.25) is 4.98 Å². The Balaban J connectivity index is 2.51. The number of aromatic nitrogens is 3. The third-order valence-corrected chi connectivity index (χ3v) is 3.59. The molecular formula is C13H12IN3. The highest BCUT2D eigenvalue weighted by Gasteiger charge is 2.10. The average Bonchev–Trinajstić information content (AvgIpc) is 2.73. The van der Waals surface area contributed by atoms with E-state index >= 15 is 0 Å². The summed E-state index contributed by atoms with van der Waals surface area (Å²) in [4.78, 5) is 8.86. The molecular weight excluding hydrogens is 325 g/mol. The van der Waals surface area contributed by atoms with Crippen LogP contribution in [0.3, 0.4) is 0 Å². The van der Waals surface area contributed by atoms with Gasteiger partial charge in [-0.1, -0.05) is 0 Å². The monoisotopic (exact) mass is 337 g/mol.